The van der Waals surface area contributed by atoms with E-state index in [1.165, 1.54) is 23.5 Å². The highest BCUT2D eigenvalue weighted by atomic mass is 32.2. The first-order valence-corrected chi connectivity index (χ1v) is 13.0. The zero-order valence-corrected chi connectivity index (χ0v) is 20.6. The van der Waals surface area contributed by atoms with Crippen LogP contribution in [0.2, 0.25) is 0 Å². The summed E-state index contributed by atoms with van der Waals surface area (Å²) in [5, 5.41) is -0.0329. The van der Waals surface area contributed by atoms with Crippen LogP contribution in [0.15, 0.2) is 65.7 Å². The Morgan fingerprint density at radius 2 is 1.85 bits per heavy atom. The molecule has 2 aromatic carbocycles. The predicted octanol–water partition coefficient (Wildman–Crippen LogP) is 5.34. The normalized spacial score (nSPS) is 11.8. The number of benzene rings is 2. The molecule has 1 amide bonds. The van der Waals surface area contributed by atoms with Crippen molar-refractivity contribution in [2.75, 3.05) is 4.90 Å². The average Bonchev–Trinajstić information content (AvgIpc) is 3.25. The lowest BCUT2D eigenvalue weighted by Gasteiger charge is -2.20. The lowest BCUT2D eigenvalue weighted by molar-refractivity contribution is 0.0984. The van der Waals surface area contributed by atoms with Gasteiger partial charge in [0.25, 0.3) is 5.91 Å². The van der Waals surface area contributed by atoms with Crippen LogP contribution in [0, 0.1) is 13.8 Å². The number of aromatic nitrogens is 2. The van der Waals surface area contributed by atoms with E-state index in [-0.39, 0.29) is 17.3 Å². The fourth-order valence-electron chi connectivity index (χ4n) is 3.44. The van der Waals surface area contributed by atoms with Crippen molar-refractivity contribution in [2.45, 2.75) is 44.4 Å². The molecule has 0 aliphatic carbocycles. The Labute approximate surface area is 197 Å². The lowest BCUT2D eigenvalue weighted by Crippen LogP contribution is -2.31. The summed E-state index contributed by atoms with van der Waals surface area (Å²) in [6, 6.07) is 15.8. The van der Waals surface area contributed by atoms with Gasteiger partial charge < -0.3 is 0 Å². The number of sulfone groups is 1. The Hall–Kier alpha value is -3.10. The highest BCUT2D eigenvalue weighted by Crippen LogP contribution is 2.33. The Balaban J connectivity index is 1.81. The maximum atomic E-state index is 13.7. The van der Waals surface area contributed by atoms with E-state index in [4.69, 9.17) is 4.98 Å². The summed E-state index contributed by atoms with van der Waals surface area (Å²) >= 11 is 1.43. The third-order valence-corrected chi connectivity index (χ3v) is 8.82. The monoisotopic (exact) mass is 479 g/mol. The van der Waals surface area contributed by atoms with E-state index < -0.39 is 15.1 Å². The van der Waals surface area contributed by atoms with Gasteiger partial charge in [0.05, 0.1) is 32.6 Å². The molecule has 2 heterocycles. The van der Waals surface area contributed by atoms with E-state index in [9.17, 15) is 13.2 Å². The van der Waals surface area contributed by atoms with Crippen LogP contribution in [0.25, 0.3) is 10.2 Å². The third kappa shape index (κ3) is 4.54. The molecular weight excluding hydrogens is 454 g/mol. The van der Waals surface area contributed by atoms with Crippen LogP contribution in [0.4, 0.5) is 5.13 Å². The molecule has 8 heteroatoms. The molecule has 0 spiro atoms. The highest BCUT2D eigenvalue weighted by molar-refractivity contribution is 7.92. The number of fused-ring (bicyclic) bond motifs is 1. The summed E-state index contributed by atoms with van der Waals surface area (Å²) < 4.78 is 26.3. The molecule has 0 bridgehead atoms. The molecule has 33 heavy (non-hydrogen) atoms. The molecule has 2 aromatic heterocycles. The topological polar surface area (TPSA) is 80.2 Å². The maximum absolute atomic E-state index is 13.7. The number of rotatable bonds is 6. The maximum Gasteiger partial charge on any atom is 0.260 e. The van der Waals surface area contributed by atoms with Crippen LogP contribution < -0.4 is 4.90 Å². The number of amides is 1. The summed E-state index contributed by atoms with van der Waals surface area (Å²) in [6.07, 6.45) is 1.68. The predicted molar refractivity (Wildman–Crippen MR) is 133 cm³/mol. The number of pyridine rings is 1. The van der Waals surface area contributed by atoms with Gasteiger partial charge >= 0.3 is 0 Å². The van der Waals surface area contributed by atoms with E-state index in [2.05, 4.69) is 4.98 Å². The molecule has 170 valence electrons. The largest absolute Gasteiger partial charge is 0.278 e. The van der Waals surface area contributed by atoms with Gasteiger partial charge in [-0.05, 0) is 75.2 Å². The number of carbonyl (C=O) groups excluding carboxylic acids is 1. The van der Waals surface area contributed by atoms with Crippen LogP contribution in [0.3, 0.4) is 0 Å². The number of thiazole rings is 1. The molecule has 0 aliphatic rings. The second kappa shape index (κ2) is 9.03. The van der Waals surface area contributed by atoms with Gasteiger partial charge in [0.1, 0.15) is 0 Å². The van der Waals surface area contributed by atoms with Crippen LogP contribution >= 0.6 is 11.3 Å². The minimum absolute atomic E-state index is 0.136. The second-order valence-corrected chi connectivity index (χ2v) is 11.7. The molecule has 0 fully saturated rings. The molecule has 0 aliphatic heterocycles. The van der Waals surface area contributed by atoms with Crippen molar-refractivity contribution in [3.8, 4) is 0 Å². The van der Waals surface area contributed by atoms with Crippen LogP contribution in [0.5, 0.6) is 0 Å². The molecule has 6 nitrogen and oxygen atoms in total. The van der Waals surface area contributed by atoms with Gasteiger partial charge in [-0.2, -0.15) is 0 Å². The molecule has 0 atom stereocenters. The number of hydrogen-bond donors (Lipinski definition) is 0. The van der Waals surface area contributed by atoms with Crippen LogP contribution in [-0.2, 0) is 16.4 Å². The van der Waals surface area contributed by atoms with Gasteiger partial charge in [-0.15, -0.1) is 0 Å². The fourth-order valence-corrected chi connectivity index (χ4v) is 5.57. The zero-order valence-electron chi connectivity index (χ0n) is 18.9. The minimum atomic E-state index is -3.51. The van der Waals surface area contributed by atoms with Crippen molar-refractivity contribution in [1.29, 1.82) is 0 Å². The Bertz CT molecular complexity index is 1430. The van der Waals surface area contributed by atoms with Gasteiger partial charge in [-0.1, -0.05) is 29.5 Å². The van der Waals surface area contributed by atoms with Gasteiger partial charge in [-0.3, -0.25) is 14.7 Å². The van der Waals surface area contributed by atoms with Gasteiger partial charge in [-0.25, -0.2) is 13.4 Å². The number of hydrogen-bond acceptors (Lipinski definition) is 6. The summed E-state index contributed by atoms with van der Waals surface area (Å²) in [5.74, 6) is -0.324. The smallest absolute Gasteiger partial charge is 0.260 e. The molecule has 0 radical (unpaired) electrons. The first-order valence-electron chi connectivity index (χ1n) is 10.6. The van der Waals surface area contributed by atoms with Gasteiger partial charge in [0, 0.05) is 11.8 Å². The lowest BCUT2D eigenvalue weighted by atomic mass is 10.1. The molecule has 0 saturated heterocycles. The van der Waals surface area contributed by atoms with E-state index in [1.54, 1.807) is 37.1 Å². The number of anilines is 1. The second-order valence-electron chi connectivity index (χ2n) is 8.18. The number of carbonyl (C=O) groups is 1. The molecule has 0 N–H and O–H groups in total. The summed E-state index contributed by atoms with van der Waals surface area (Å²) in [6.45, 7) is 7.53. The zero-order chi connectivity index (χ0) is 23.8. The summed E-state index contributed by atoms with van der Waals surface area (Å²) in [5.41, 5.74) is 4.08. The van der Waals surface area contributed by atoms with E-state index in [0.29, 0.717) is 16.4 Å². The fraction of sp³-hybridized carbons (Fsp3) is 0.240. The Morgan fingerprint density at radius 1 is 1.06 bits per heavy atom. The van der Waals surface area contributed by atoms with Crippen molar-refractivity contribution in [1.82, 2.24) is 9.97 Å². The van der Waals surface area contributed by atoms with E-state index >= 15 is 0 Å². The number of nitrogens with zero attached hydrogens (tertiary/aromatic N) is 3. The number of aryl methyl sites for hydroxylation is 2. The van der Waals surface area contributed by atoms with Crippen molar-refractivity contribution in [3.05, 3.63) is 83.2 Å². The van der Waals surface area contributed by atoms with Gasteiger partial charge in [0.2, 0.25) is 0 Å². The molecule has 4 aromatic rings. The quantitative estimate of drug-likeness (QED) is 0.373. The summed E-state index contributed by atoms with van der Waals surface area (Å²) in [7, 11) is -3.51. The molecular formula is C25H25N3O3S2. The Morgan fingerprint density at radius 3 is 2.55 bits per heavy atom. The third-order valence-electron chi connectivity index (χ3n) is 5.63. The van der Waals surface area contributed by atoms with Crippen molar-refractivity contribution in [3.63, 3.8) is 0 Å². The molecule has 0 saturated carbocycles. The SMILES string of the molecule is Cc1ccc2sc(N(Cc3ccccn3)C(=O)c3cccc(S(=O)(=O)C(C)C)c3)nc2c1C. The molecule has 4 rings (SSSR count). The highest BCUT2D eigenvalue weighted by Gasteiger charge is 2.25. The average molecular weight is 480 g/mol. The summed E-state index contributed by atoms with van der Waals surface area (Å²) in [4.78, 5) is 24.6. The van der Waals surface area contributed by atoms with E-state index in [0.717, 1.165) is 21.3 Å². The van der Waals surface area contributed by atoms with Crippen LogP contribution in [-0.4, -0.2) is 29.5 Å². The van der Waals surface area contributed by atoms with Gasteiger partial charge in [0.15, 0.2) is 15.0 Å². The Kier molecular flexibility index (Phi) is 6.32. The van der Waals surface area contributed by atoms with E-state index in [1.807, 2.05) is 44.2 Å². The standard InChI is InChI=1S/C25H25N3O3S2/c1-16(2)33(30,31)21-10-7-8-19(14-21)24(29)28(15-20-9-5-6-13-26-20)25-27-23-18(4)17(3)11-12-22(23)32-25/h5-14,16H,15H2,1-4H3. The van der Waals surface area contributed by atoms with Crippen molar-refractivity contribution >= 4 is 42.4 Å². The minimum Gasteiger partial charge on any atom is -0.278 e. The van der Waals surface area contributed by atoms with Crippen molar-refractivity contribution in [2.24, 2.45) is 0 Å². The van der Waals surface area contributed by atoms with Crippen molar-refractivity contribution < 1.29 is 13.2 Å². The van der Waals surface area contributed by atoms with Crippen LogP contribution in [0.1, 0.15) is 41.0 Å². The molecule has 0 unspecified atom stereocenters. The first-order chi connectivity index (χ1) is 15.7. The first kappa shape index (κ1) is 23.1.